The van der Waals surface area contributed by atoms with E-state index in [4.69, 9.17) is 4.74 Å². The molecule has 1 saturated heterocycles. The number of rotatable bonds is 6. The number of hydrogen-bond donors (Lipinski definition) is 0. The average molecular weight is 446 g/mol. The van der Waals surface area contributed by atoms with Gasteiger partial charge >= 0.3 is 0 Å². The number of benzene rings is 2. The van der Waals surface area contributed by atoms with Crippen LogP contribution in [0, 0.1) is 5.92 Å². The van der Waals surface area contributed by atoms with Gasteiger partial charge in [0.15, 0.2) is 0 Å². The molecule has 0 aliphatic carbocycles. The monoisotopic (exact) mass is 445 g/mol. The molecule has 4 nitrogen and oxygen atoms in total. The van der Waals surface area contributed by atoms with Crippen molar-refractivity contribution in [1.82, 2.24) is 4.90 Å². The maximum Gasteiger partial charge on any atom is 0.293 e. The van der Waals surface area contributed by atoms with Crippen molar-refractivity contribution in [3.63, 3.8) is 0 Å². The van der Waals surface area contributed by atoms with Crippen LogP contribution in [0.25, 0.3) is 6.08 Å². The highest BCUT2D eigenvalue weighted by molar-refractivity contribution is 9.10. The lowest BCUT2D eigenvalue weighted by atomic mass is 10.1. The van der Waals surface area contributed by atoms with Crippen LogP contribution in [0.4, 0.5) is 4.79 Å². The van der Waals surface area contributed by atoms with E-state index >= 15 is 0 Å². The van der Waals surface area contributed by atoms with Gasteiger partial charge in [0.25, 0.3) is 11.1 Å². The summed E-state index contributed by atoms with van der Waals surface area (Å²) >= 11 is 4.38. The summed E-state index contributed by atoms with van der Waals surface area (Å²) in [5.74, 6) is 0.837. The number of hydrogen-bond acceptors (Lipinski definition) is 4. The summed E-state index contributed by atoms with van der Waals surface area (Å²) in [5.41, 5.74) is 1.69. The van der Waals surface area contributed by atoms with Crippen LogP contribution in [0.2, 0.25) is 0 Å². The number of imide groups is 1. The van der Waals surface area contributed by atoms with Gasteiger partial charge in [-0.15, -0.1) is 0 Å². The minimum absolute atomic E-state index is 0.257. The molecule has 2 aromatic rings. The van der Waals surface area contributed by atoms with Gasteiger partial charge in [-0.1, -0.05) is 60.1 Å². The van der Waals surface area contributed by atoms with Gasteiger partial charge in [0.05, 0.1) is 18.1 Å². The van der Waals surface area contributed by atoms with Crippen molar-refractivity contribution < 1.29 is 14.3 Å². The van der Waals surface area contributed by atoms with E-state index in [2.05, 4.69) is 29.8 Å². The van der Waals surface area contributed by atoms with Gasteiger partial charge < -0.3 is 4.74 Å². The van der Waals surface area contributed by atoms with Crippen molar-refractivity contribution in [3.8, 4) is 5.75 Å². The Morgan fingerprint density at radius 2 is 1.93 bits per heavy atom. The molecule has 1 heterocycles. The van der Waals surface area contributed by atoms with Crippen LogP contribution in [0.15, 0.2) is 57.9 Å². The number of carbonyl (C=O) groups excluding carboxylic acids is 2. The van der Waals surface area contributed by atoms with E-state index in [-0.39, 0.29) is 17.7 Å². The van der Waals surface area contributed by atoms with Gasteiger partial charge in [0.1, 0.15) is 5.75 Å². The minimum atomic E-state index is -0.274. The van der Waals surface area contributed by atoms with Gasteiger partial charge in [-0.2, -0.15) is 0 Å². The van der Waals surface area contributed by atoms with Crippen molar-refractivity contribution in [1.29, 1.82) is 0 Å². The molecule has 1 fully saturated rings. The highest BCUT2D eigenvalue weighted by atomic mass is 79.9. The lowest BCUT2D eigenvalue weighted by Gasteiger charge is -2.13. The molecular formula is C21H20BrNO3S. The third-order valence-electron chi connectivity index (χ3n) is 3.88. The Morgan fingerprint density at radius 3 is 2.67 bits per heavy atom. The molecule has 1 aliphatic heterocycles. The normalized spacial score (nSPS) is 15.9. The minimum Gasteiger partial charge on any atom is -0.493 e. The zero-order valence-corrected chi connectivity index (χ0v) is 17.5. The maximum absolute atomic E-state index is 12.8. The molecule has 0 saturated carbocycles. The maximum atomic E-state index is 12.8. The number of ether oxygens (including phenoxy) is 1. The second-order valence-electron chi connectivity index (χ2n) is 6.64. The summed E-state index contributed by atoms with van der Waals surface area (Å²) in [6, 6.07) is 15.1. The molecule has 27 heavy (non-hydrogen) atoms. The molecule has 2 amide bonds. The highest BCUT2D eigenvalue weighted by Gasteiger charge is 2.35. The highest BCUT2D eigenvalue weighted by Crippen LogP contribution is 2.35. The summed E-state index contributed by atoms with van der Waals surface area (Å²) in [4.78, 5) is 26.8. The number of thioether (sulfide) groups is 1. The summed E-state index contributed by atoms with van der Waals surface area (Å²) in [7, 11) is 0. The molecule has 140 valence electrons. The molecule has 1 aliphatic rings. The number of nitrogens with zero attached hydrogens (tertiary/aromatic N) is 1. The molecular weight excluding hydrogens is 426 g/mol. The van der Waals surface area contributed by atoms with Crippen molar-refractivity contribution in [2.45, 2.75) is 20.4 Å². The van der Waals surface area contributed by atoms with Crippen molar-refractivity contribution in [3.05, 3.63) is 69.0 Å². The lowest BCUT2D eigenvalue weighted by Crippen LogP contribution is -2.27. The Labute approximate surface area is 171 Å². The average Bonchev–Trinajstić information content (AvgIpc) is 2.88. The number of para-hydroxylation sites is 1. The van der Waals surface area contributed by atoms with E-state index < -0.39 is 0 Å². The van der Waals surface area contributed by atoms with E-state index in [1.165, 1.54) is 4.90 Å². The molecule has 0 N–H and O–H groups in total. The Balaban J connectivity index is 1.80. The molecule has 0 radical (unpaired) electrons. The fraction of sp³-hybridized carbons (Fsp3) is 0.238. The Bertz CT molecular complexity index is 895. The van der Waals surface area contributed by atoms with E-state index in [1.807, 2.05) is 48.5 Å². The zero-order valence-electron chi connectivity index (χ0n) is 15.1. The fourth-order valence-electron chi connectivity index (χ4n) is 2.58. The smallest absolute Gasteiger partial charge is 0.293 e. The van der Waals surface area contributed by atoms with Gasteiger partial charge in [-0.05, 0) is 47.5 Å². The van der Waals surface area contributed by atoms with Crippen LogP contribution in [0.3, 0.4) is 0 Å². The van der Waals surface area contributed by atoms with Crippen LogP contribution in [-0.2, 0) is 11.3 Å². The molecule has 3 rings (SSSR count). The Kier molecular flexibility index (Phi) is 6.39. The van der Waals surface area contributed by atoms with Crippen molar-refractivity contribution in [2.24, 2.45) is 5.92 Å². The summed E-state index contributed by atoms with van der Waals surface area (Å²) in [5, 5.41) is -0.258. The fourth-order valence-corrected chi connectivity index (χ4v) is 3.86. The topological polar surface area (TPSA) is 46.6 Å². The molecule has 0 aromatic heterocycles. The second kappa shape index (κ2) is 8.76. The Morgan fingerprint density at radius 1 is 1.15 bits per heavy atom. The van der Waals surface area contributed by atoms with Crippen molar-refractivity contribution in [2.75, 3.05) is 6.61 Å². The van der Waals surface area contributed by atoms with Gasteiger partial charge in [-0.25, -0.2) is 0 Å². The summed E-state index contributed by atoms with van der Waals surface area (Å²) in [6.07, 6.45) is 1.74. The summed E-state index contributed by atoms with van der Waals surface area (Å²) < 4.78 is 6.75. The summed E-state index contributed by atoms with van der Waals surface area (Å²) in [6.45, 7) is 5.01. The molecule has 0 atom stereocenters. The standard InChI is InChI=1S/C21H20BrNO3S/c1-14(2)13-26-18-9-4-3-7-16(18)11-19-20(24)23(21(25)27-19)12-15-6-5-8-17(22)10-15/h3-11,14H,12-13H2,1-2H3/b19-11+. The van der Waals surface area contributed by atoms with Crippen LogP contribution >= 0.6 is 27.7 Å². The molecule has 6 heteroatoms. The SMILES string of the molecule is CC(C)COc1ccccc1/C=C1/SC(=O)N(Cc2cccc(Br)c2)C1=O. The first kappa shape index (κ1) is 19.7. The quantitative estimate of drug-likeness (QED) is 0.533. The number of amides is 2. The van der Waals surface area contributed by atoms with E-state index in [9.17, 15) is 9.59 Å². The predicted octanol–water partition coefficient (Wildman–Crippen LogP) is 5.72. The third-order valence-corrected chi connectivity index (χ3v) is 5.28. The number of carbonyl (C=O) groups is 2. The molecule has 0 spiro atoms. The largest absolute Gasteiger partial charge is 0.493 e. The van der Waals surface area contributed by atoms with Gasteiger partial charge in [0.2, 0.25) is 0 Å². The Hall–Kier alpha value is -2.05. The predicted molar refractivity (Wildman–Crippen MR) is 112 cm³/mol. The zero-order chi connectivity index (χ0) is 19.4. The van der Waals surface area contributed by atoms with Crippen LogP contribution in [0.5, 0.6) is 5.75 Å². The first-order valence-corrected chi connectivity index (χ1v) is 10.3. The molecule has 2 aromatic carbocycles. The van der Waals surface area contributed by atoms with E-state index in [0.29, 0.717) is 23.2 Å². The molecule has 0 bridgehead atoms. The molecule has 0 unspecified atom stereocenters. The number of halogens is 1. The van der Waals surface area contributed by atoms with Gasteiger partial charge in [0, 0.05) is 10.0 Å². The van der Waals surface area contributed by atoms with E-state index in [0.717, 1.165) is 27.4 Å². The van der Waals surface area contributed by atoms with Crippen LogP contribution in [0.1, 0.15) is 25.0 Å². The first-order chi connectivity index (χ1) is 12.9. The lowest BCUT2D eigenvalue weighted by molar-refractivity contribution is -0.123. The van der Waals surface area contributed by atoms with Crippen LogP contribution in [-0.4, -0.2) is 22.7 Å². The van der Waals surface area contributed by atoms with Crippen molar-refractivity contribution >= 4 is 44.9 Å². The third kappa shape index (κ3) is 5.02. The van der Waals surface area contributed by atoms with E-state index in [1.54, 1.807) is 6.08 Å². The van der Waals surface area contributed by atoms with Gasteiger partial charge in [-0.3, -0.25) is 14.5 Å². The first-order valence-electron chi connectivity index (χ1n) is 8.65. The second-order valence-corrected chi connectivity index (χ2v) is 8.55. The van der Waals surface area contributed by atoms with Crippen LogP contribution < -0.4 is 4.74 Å².